The van der Waals surface area contributed by atoms with E-state index in [1.807, 2.05) is 11.8 Å². The summed E-state index contributed by atoms with van der Waals surface area (Å²) in [5, 5.41) is 0. The maximum Gasteiger partial charge on any atom is 0.242 e. The van der Waals surface area contributed by atoms with Crippen LogP contribution < -0.4 is 5.73 Å². The van der Waals surface area contributed by atoms with Crippen molar-refractivity contribution in [1.29, 1.82) is 0 Å². The summed E-state index contributed by atoms with van der Waals surface area (Å²) < 4.78 is 0. The average molecular weight is 325 g/mol. The monoisotopic (exact) mass is 324 g/mol. The standard InChI is InChI=1S/C18H28N2O.ClH/c1-5-10-18(4,19)17(21)20-12-15(11-14(20)3)16-9-7-6-8-13(16)2;/h6-9,14-15H,5,10-12,19H2,1-4H3;1H. The van der Waals surface area contributed by atoms with Crippen molar-refractivity contribution in [2.24, 2.45) is 5.73 Å². The number of nitrogens with two attached hydrogens (primary N) is 1. The summed E-state index contributed by atoms with van der Waals surface area (Å²) in [7, 11) is 0. The van der Waals surface area contributed by atoms with E-state index >= 15 is 0 Å². The average Bonchev–Trinajstić information content (AvgIpc) is 2.80. The quantitative estimate of drug-likeness (QED) is 0.919. The van der Waals surface area contributed by atoms with Crippen LogP contribution in [0.15, 0.2) is 24.3 Å². The zero-order valence-electron chi connectivity index (χ0n) is 14.1. The third-order valence-electron chi connectivity index (χ3n) is 4.72. The summed E-state index contributed by atoms with van der Waals surface area (Å²) in [6.45, 7) is 9.02. The number of rotatable bonds is 4. The second kappa shape index (κ2) is 7.47. The molecule has 0 spiro atoms. The molecular weight excluding hydrogens is 296 g/mol. The number of nitrogens with zero attached hydrogens (tertiary/aromatic N) is 1. The summed E-state index contributed by atoms with van der Waals surface area (Å²) in [6, 6.07) is 8.75. The van der Waals surface area contributed by atoms with Crippen molar-refractivity contribution in [3.63, 3.8) is 0 Å². The fourth-order valence-electron chi connectivity index (χ4n) is 3.54. The highest BCUT2D eigenvalue weighted by Crippen LogP contribution is 2.34. The Kier molecular flexibility index (Phi) is 6.45. The third kappa shape index (κ3) is 3.82. The number of halogens is 1. The van der Waals surface area contributed by atoms with Gasteiger partial charge in [-0.15, -0.1) is 12.4 Å². The topological polar surface area (TPSA) is 46.3 Å². The Morgan fingerprint density at radius 3 is 2.64 bits per heavy atom. The van der Waals surface area contributed by atoms with Crippen LogP contribution >= 0.6 is 12.4 Å². The Hall–Kier alpha value is -1.06. The molecule has 0 bridgehead atoms. The molecule has 0 aliphatic carbocycles. The molecule has 0 saturated carbocycles. The van der Waals surface area contributed by atoms with Gasteiger partial charge in [0.2, 0.25) is 5.91 Å². The van der Waals surface area contributed by atoms with Crippen molar-refractivity contribution in [1.82, 2.24) is 4.90 Å². The molecule has 1 amide bonds. The van der Waals surface area contributed by atoms with Crippen LogP contribution in [-0.4, -0.2) is 28.9 Å². The molecule has 0 aromatic heterocycles. The molecule has 1 aliphatic rings. The molecule has 1 aromatic rings. The van der Waals surface area contributed by atoms with Crippen LogP contribution in [0.5, 0.6) is 0 Å². The first-order valence-electron chi connectivity index (χ1n) is 8.02. The molecule has 2 rings (SSSR count). The van der Waals surface area contributed by atoms with Crippen molar-refractivity contribution < 1.29 is 4.79 Å². The van der Waals surface area contributed by atoms with Crippen LogP contribution in [0.4, 0.5) is 0 Å². The lowest BCUT2D eigenvalue weighted by molar-refractivity contribution is -0.137. The zero-order chi connectivity index (χ0) is 15.6. The molecule has 3 atom stereocenters. The maximum atomic E-state index is 12.7. The second-order valence-corrected chi connectivity index (χ2v) is 6.76. The molecule has 3 nitrogen and oxygen atoms in total. The normalized spacial score (nSPS) is 23.8. The van der Waals surface area contributed by atoms with Gasteiger partial charge < -0.3 is 10.6 Å². The van der Waals surface area contributed by atoms with E-state index in [0.717, 1.165) is 25.8 Å². The lowest BCUT2D eigenvalue weighted by Gasteiger charge is -2.31. The molecule has 1 fully saturated rings. The minimum absolute atomic E-state index is 0. The van der Waals surface area contributed by atoms with E-state index in [4.69, 9.17) is 5.73 Å². The van der Waals surface area contributed by atoms with Crippen LogP contribution in [0.3, 0.4) is 0 Å². The lowest BCUT2D eigenvalue weighted by atomic mass is 9.93. The number of hydrogen-bond acceptors (Lipinski definition) is 2. The third-order valence-corrected chi connectivity index (χ3v) is 4.72. The molecule has 3 unspecified atom stereocenters. The smallest absolute Gasteiger partial charge is 0.242 e. The van der Waals surface area contributed by atoms with E-state index in [-0.39, 0.29) is 24.4 Å². The van der Waals surface area contributed by atoms with Crippen LogP contribution in [0, 0.1) is 6.92 Å². The fraction of sp³-hybridized carbons (Fsp3) is 0.611. The van der Waals surface area contributed by atoms with Gasteiger partial charge >= 0.3 is 0 Å². The molecule has 2 N–H and O–H groups in total. The molecule has 1 aliphatic heterocycles. The highest BCUT2D eigenvalue weighted by atomic mass is 35.5. The lowest BCUT2D eigenvalue weighted by Crippen LogP contribution is -2.54. The predicted octanol–water partition coefficient (Wildman–Crippen LogP) is 3.64. The van der Waals surface area contributed by atoms with Crippen molar-refractivity contribution in [2.45, 2.75) is 64.5 Å². The van der Waals surface area contributed by atoms with E-state index in [0.29, 0.717) is 5.92 Å². The van der Waals surface area contributed by atoms with Crippen molar-refractivity contribution >= 4 is 18.3 Å². The van der Waals surface area contributed by atoms with Gasteiger partial charge in [0.25, 0.3) is 0 Å². The van der Waals surface area contributed by atoms with Crippen LogP contribution in [0.25, 0.3) is 0 Å². The van der Waals surface area contributed by atoms with Crippen molar-refractivity contribution in [3.8, 4) is 0 Å². The Balaban J connectivity index is 0.00000242. The number of likely N-dealkylation sites (tertiary alicyclic amines) is 1. The largest absolute Gasteiger partial charge is 0.338 e. The Morgan fingerprint density at radius 2 is 2.05 bits per heavy atom. The van der Waals surface area contributed by atoms with Gasteiger partial charge in [-0.1, -0.05) is 37.6 Å². The minimum atomic E-state index is -0.733. The Labute approximate surface area is 140 Å². The number of aryl methyl sites for hydroxylation is 1. The number of carbonyl (C=O) groups is 1. The first-order chi connectivity index (χ1) is 9.86. The van der Waals surface area contributed by atoms with Crippen LogP contribution in [0.2, 0.25) is 0 Å². The molecule has 22 heavy (non-hydrogen) atoms. The number of carbonyl (C=O) groups excluding carboxylic acids is 1. The molecule has 1 saturated heterocycles. The summed E-state index contributed by atoms with van der Waals surface area (Å²) in [4.78, 5) is 14.7. The van der Waals surface area contributed by atoms with E-state index in [2.05, 4.69) is 45.0 Å². The predicted molar refractivity (Wildman–Crippen MR) is 94.5 cm³/mol. The van der Waals surface area contributed by atoms with Gasteiger partial charge in [0.15, 0.2) is 0 Å². The maximum absolute atomic E-state index is 12.7. The summed E-state index contributed by atoms with van der Waals surface area (Å²) in [5.41, 5.74) is 8.19. The molecule has 124 valence electrons. The van der Waals surface area contributed by atoms with Crippen LogP contribution in [-0.2, 0) is 4.79 Å². The molecule has 0 radical (unpaired) electrons. The summed E-state index contributed by atoms with van der Waals surface area (Å²) >= 11 is 0. The van der Waals surface area contributed by atoms with Gasteiger partial charge in [0, 0.05) is 18.5 Å². The fourth-order valence-corrected chi connectivity index (χ4v) is 3.54. The number of hydrogen-bond donors (Lipinski definition) is 1. The zero-order valence-corrected chi connectivity index (χ0v) is 15.0. The van der Waals surface area contributed by atoms with Gasteiger partial charge in [0.05, 0.1) is 5.54 Å². The Bertz CT molecular complexity index is 516. The Morgan fingerprint density at radius 1 is 1.41 bits per heavy atom. The van der Waals surface area contributed by atoms with E-state index in [1.165, 1.54) is 11.1 Å². The summed E-state index contributed by atoms with van der Waals surface area (Å²) in [6.07, 6.45) is 2.70. The highest BCUT2D eigenvalue weighted by Gasteiger charge is 2.39. The van der Waals surface area contributed by atoms with Crippen molar-refractivity contribution in [3.05, 3.63) is 35.4 Å². The van der Waals surface area contributed by atoms with Crippen molar-refractivity contribution in [2.75, 3.05) is 6.54 Å². The molecule has 4 heteroatoms. The van der Waals surface area contributed by atoms with E-state index in [9.17, 15) is 4.79 Å². The second-order valence-electron chi connectivity index (χ2n) is 6.76. The first kappa shape index (κ1) is 19.0. The van der Waals surface area contributed by atoms with Gasteiger partial charge in [0.1, 0.15) is 0 Å². The molecule has 1 aromatic carbocycles. The van der Waals surface area contributed by atoms with Gasteiger partial charge in [-0.3, -0.25) is 4.79 Å². The van der Waals surface area contributed by atoms with Gasteiger partial charge in [-0.05, 0) is 44.7 Å². The van der Waals surface area contributed by atoms with Gasteiger partial charge in [-0.2, -0.15) is 0 Å². The SMILES string of the molecule is CCCC(C)(N)C(=O)N1CC(c2ccccc2C)CC1C.Cl. The number of benzene rings is 1. The van der Waals surface area contributed by atoms with Crippen LogP contribution in [0.1, 0.15) is 57.1 Å². The highest BCUT2D eigenvalue weighted by molar-refractivity contribution is 5.86. The number of amides is 1. The van der Waals surface area contributed by atoms with E-state index < -0.39 is 5.54 Å². The van der Waals surface area contributed by atoms with Gasteiger partial charge in [-0.25, -0.2) is 0 Å². The summed E-state index contributed by atoms with van der Waals surface area (Å²) in [5.74, 6) is 0.538. The molecule has 1 heterocycles. The minimum Gasteiger partial charge on any atom is -0.338 e. The first-order valence-corrected chi connectivity index (χ1v) is 8.02. The molecular formula is C18H29ClN2O. The van der Waals surface area contributed by atoms with E-state index in [1.54, 1.807) is 0 Å².